The molecule has 0 aliphatic carbocycles. The second-order valence-electron chi connectivity index (χ2n) is 8.86. The molecule has 7 heteroatoms. The molecule has 3 saturated heterocycles. The molecule has 4 aliphatic heterocycles. The highest BCUT2D eigenvalue weighted by Crippen LogP contribution is 2.38. The Morgan fingerprint density at radius 3 is 2.55 bits per heavy atom. The van der Waals surface area contributed by atoms with Crippen LogP contribution < -0.4 is 10.6 Å². The molecule has 1 aromatic carbocycles. The number of fused-ring (bicyclic) bond motifs is 3. The maximum absolute atomic E-state index is 13.0. The molecule has 7 nitrogen and oxygen atoms in total. The number of amides is 3. The van der Waals surface area contributed by atoms with E-state index < -0.39 is 6.04 Å². The molecular formula is C22H28N4O3. The summed E-state index contributed by atoms with van der Waals surface area (Å²) in [5.41, 5.74) is 2.97. The van der Waals surface area contributed by atoms with Crippen LogP contribution in [0.1, 0.15) is 60.0 Å². The fraction of sp³-hybridized carbons (Fsp3) is 0.591. The number of nitrogens with one attached hydrogen (secondary N) is 2. The van der Waals surface area contributed by atoms with Crippen LogP contribution in [0.4, 0.5) is 0 Å². The van der Waals surface area contributed by atoms with Crippen molar-refractivity contribution in [3.8, 4) is 0 Å². The van der Waals surface area contributed by atoms with Gasteiger partial charge in [0.15, 0.2) is 0 Å². The Kier molecular flexibility index (Phi) is 4.67. The van der Waals surface area contributed by atoms with E-state index in [-0.39, 0.29) is 24.1 Å². The molecule has 1 aromatic rings. The van der Waals surface area contributed by atoms with Gasteiger partial charge in [-0.15, -0.1) is 0 Å². The van der Waals surface area contributed by atoms with E-state index in [1.165, 1.54) is 31.2 Å². The zero-order valence-corrected chi connectivity index (χ0v) is 16.8. The lowest BCUT2D eigenvalue weighted by molar-refractivity contribution is -0.136. The molecule has 0 radical (unpaired) electrons. The van der Waals surface area contributed by atoms with Crippen LogP contribution >= 0.6 is 0 Å². The first-order valence-electron chi connectivity index (χ1n) is 10.7. The molecule has 3 fully saturated rings. The van der Waals surface area contributed by atoms with Crippen LogP contribution in [0.25, 0.3) is 0 Å². The van der Waals surface area contributed by atoms with Crippen LogP contribution in [0, 0.1) is 0 Å². The average Bonchev–Trinajstić information content (AvgIpc) is 3.15. The smallest absolute Gasteiger partial charge is 0.255 e. The third-order valence-corrected chi connectivity index (χ3v) is 7.32. The summed E-state index contributed by atoms with van der Waals surface area (Å²) in [7, 11) is 2.05. The third kappa shape index (κ3) is 3.16. The SMILES string of the molecule is CNC1CC2CCC(C1)N2Cc1cccc2c1CN(C1CCC(=O)NC1=O)C2=O. The molecule has 3 atom stereocenters. The molecule has 0 spiro atoms. The minimum absolute atomic E-state index is 0.0896. The van der Waals surface area contributed by atoms with Crippen molar-refractivity contribution in [2.24, 2.45) is 0 Å². The molecule has 2 N–H and O–H groups in total. The number of benzene rings is 1. The monoisotopic (exact) mass is 396 g/mol. The Hall–Kier alpha value is -2.25. The lowest BCUT2D eigenvalue weighted by atomic mass is 9.95. The summed E-state index contributed by atoms with van der Waals surface area (Å²) in [6.45, 7) is 1.32. The molecule has 0 saturated carbocycles. The summed E-state index contributed by atoms with van der Waals surface area (Å²) >= 11 is 0. The maximum Gasteiger partial charge on any atom is 0.255 e. The topological polar surface area (TPSA) is 81.8 Å². The number of imide groups is 1. The Morgan fingerprint density at radius 1 is 1.10 bits per heavy atom. The van der Waals surface area contributed by atoms with Gasteiger partial charge in [-0.3, -0.25) is 24.6 Å². The number of carbonyl (C=O) groups is 3. The molecule has 154 valence electrons. The fourth-order valence-electron chi connectivity index (χ4n) is 5.76. The zero-order chi connectivity index (χ0) is 20.1. The van der Waals surface area contributed by atoms with Crippen molar-refractivity contribution in [1.82, 2.24) is 20.4 Å². The predicted octanol–water partition coefficient (Wildman–Crippen LogP) is 1.16. The van der Waals surface area contributed by atoms with Gasteiger partial charge >= 0.3 is 0 Å². The van der Waals surface area contributed by atoms with Crippen molar-refractivity contribution in [1.29, 1.82) is 0 Å². The van der Waals surface area contributed by atoms with Crippen LogP contribution in [0.15, 0.2) is 18.2 Å². The summed E-state index contributed by atoms with van der Waals surface area (Å²) in [6, 6.07) is 7.22. The Morgan fingerprint density at radius 2 is 1.86 bits per heavy atom. The predicted molar refractivity (Wildman–Crippen MR) is 107 cm³/mol. The number of nitrogens with zero attached hydrogens (tertiary/aromatic N) is 2. The van der Waals surface area contributed by atoms with E-state index in [2.05, 4.69) is 28.6 Å². The highest BCUT2D eigenvalue weighted by Gasteiger charge is 2.42. The first kappa shape index (κ1) is 18.8. The van der Waals surface area contributed by atoms with E-state index in [0.29, 0.717) is 36.7 Å². The summed E-state index contributed by atoms with van der Waals surface area (Å²) in [6.07, 6.45) is 5.56. The van der Waals surface area contributed by atoms with Gasteiger partial charge in [-0.2, -0.15) is 0 Å². The van der Waals surface area contributed by atoms with Crippen LogP contribution in [-0.2, 0) is 22.7 Å². The van der Waals surface area contributed by atoms with Crippen LogP contribution in [0.2, 0.25) is 0 Å². The number of hydrogen-bond acceptors (Lipinski definition) is 5. The second-order valence-corrected chi connectivity index (χ2v) is 8.86. The molecule has 3 amide bonds. The van der Waals surface area contributed by atoms with Gasteiger partial charge in [-0.05, 0) is 56.3 Å². The highest BCUT2D eigenvalue weighted by atomic mass is 16.2. The van der Waals surface area contributed by atoms with Crippen LogP contribution in [0.3, 0.4) is 0 Å². The quantitative estimate of drug-likeness (QED) is 0.747. The summed E-state index contributed by atoms with van der Waals surface area (Å²) in [4.78, 5) is 41.1. The Bertz CT molecular complexity index is 856. The van der Waals surface area contributed by atoms with Crippen LogP contribution in [0.5, 0.6) is 0 Å². The Balaban J connectivity index is 1.36. The normalized spacial score (nSPS) is 31.9. The minimum atomic E-state index is -0.553. The van der Waals surface area contributed by atoms with Gasteiger partial charge < -0.3 is 10.2 Å². The van der Waals surface area contributed by atoms with Crippen molar-refractivity contribution < 1.29 is 14.4 Å². The lowest BCUT2D eigenvalue weighted by Gasteiger charge is -2.39. The second kappa shape index (κ2) is 7.22. The maximum atomic E-state index is 13.0. The molecular weight excluding hydrogens is 368 g/mol. The molecule has 4 heterocycles. The summed E-state index contributed by atoms with van der Waals surface area (Å²) < 4.78 is 0. The number of piperidine rings is 2. The van der Waals surface area contributed by atoms with Crippen molar-refractivity contribution >= 4 is 17.7 Å². The Labute approximate surface area is 170 Å². The van der Waals surface area contributed by atoms with E-state index in [1.54, 1.807) is 4.90 Å². The molecule has 2 bridgehead atoms. The minimum Gasteiger partial charge on any atom is -0.322 e. The molecule has 0 aromatic heterocycles. The van der Waals surface area contributed by atoms with Gasteiger partial charge in [0.2, 0.25) is 11.8 Å². The van der Waals surface area contributed by atoms with Crippen molar-refractivity contribution in [2.75, 3.05) is 7.05 Å². The first-order valence-corrected chi connectivity index (χ1v) is 10.7. The highest BCUT2D eigenvalue weighted by molar-refractivity contribution is 6.05. The van der Waals surface area contributed by atoms with Crippen LogP contribution in [-0.4, -0.2) is 58.7 Å². The lowest BCUT2D eigenvalue weighted by Crippen LogP contribution is -2.52. The van der Waals surface area contributed by atoms with E-state index in [9.17, 15) is 14.4 Å². The van der Waals surface area contributed by atoms with Gasteiger partial charge in [0.05, 0.1) is 0 Å². The van der Waals surface area contributed by atoms with Gasteiger partial charge in [0.1, 0.15) is 6.04 Å². The van der Waals surface area contributed by atoms with Crippen molar-refractivity contribution in [2.45, 2.75) is 75.8 Å². The van der Waals surface area contributed by atoms with Crippen molar-refractivity contribution in [3.05, 3.63) is 34.9 Å². The summed E-state index contributed by atoms with van der Waals surface area (Å²) in [5.74, 6) is -0.694. The van der Waals surface area contributed by atoms with Gasteiger partial charge in [-0.25, -0.2) is 0 Å². The fourth-order valence-corrected chi connectivity index (χ4v) is 5.76. The largest absolute Gasteiger partial charge is 0.322 e. The van der Waals surface area contributed by atoms with E-state index in [0.717, 1.165) is 12.1 Å². The number of rotatable bonds is 4. The third-order valence-electron chi connectivity index (χ3n) is 7.32. The van der Waals surface area contributed by atoms with E-state index in [4.69, 9.17) is 0 Å². The number of hydrogen-bond donors (Lipinski definition) is 2. The molecule has 29 heavy (non-hydrogen) atoms. The van der Waals surface area contributed by atoms with Gasteiger partial charge in [0, 0.05) is 43.2 Å². The van der Waals surface area contributed by atoms with Crippen molar-refractivity contribution in [3.63, 3.8) is 0 Å². The van der Waals surface area contributed by atoms with E-state index in [1.807, 2.05) is 12.1 Å². The molecule has 3 unspecified atom stereocenters. The average molecular weight is 396 g/mol. The van der Waals surface area contributed by atoms with E-state index >= 15 is 0 Å². The summed E-state index contributed by atoms with van der Waals surface area (Å²) in [5, 5.41) is 5.82. The van der Waals surface area contributed by atoms with Gasteiger partial charge in [-0.1, -0.05) is 12.1 Å². The zero-order valence-electron chi connectivity index (χ0n) is 16.8. The van der Waals surface area contributed by atoms with Gasteiger partial charge in [0.25, 0.3) is 5.91 Å². The molecule has 4 aliphatic rings. The number of carbonyl (C=O) groups excluding carboxylic acids is 3. The molecule has 5 rings (SSSR count). The first-order chi connectivity index (χ1) is 14.0. The standard InChI is InChI=1S/C22H28N4O3/c1-23-14-9-15-5-6-16(10-14)25(15)11-13-3-2-4-17-18(13)12-26(22(17)29)19-7-8-20(27)24-21(19)28/h2-4,14-16,19,23H,5-12H2,1H3,(H,24,27,28).